The highest BCUT2D eigenvalue weighted by Crippen LogP contribution is 2.36. The van der Waals surface area contributed by atoms with E-state index in [1.165, 1.54) is 6.07 Å². The van der Waals surface area contributed by atoms with Gasteiger partial charge in [0.15, 0.2) is 0 Å². The summed E-state index contributed by atoms with van der Waals surface area (Å²) in [6.07, 6.45) is 0. The summed E-state index contributed by atoms with van der Waals surface area (Å²) in [4.78, 5) is 29.6. The van der Waals surface area contributed by atoms with Gasteiger partial charge in [0, 0.05) is 42.5 Å². The molecule has 31 heavy (non-hydrogen) atoms. The number of nitrogens with zero attached hydrogens (tertiary/aromatic N) is 3. The van der Waals surface area contributed by atoms with Crippen LogP contribution < -0.4 is 9.21 Å². The van der Waals surface area contributed by atoms with Crippen LogP contribution in [-0.4, -0.2) is 57.1 Å². The minimum absolute atomic E-state index is 0.184. The standard InChI is InChI=1S/C22H24ClN3O4S/c1-22(2)15-31(29,30)26(21(22)28)19-8-3-5-16(13-19)20(27)25-11-9-24(10-12-25)18-7-4-6-17(23)14-18/h3-8,13-14H,9-12,15H2,1-2H3. The Labute approximate surface area is 187 Å². The maximum Gasteiger partial charge on any atom is 0.254 e. The Kier molecular flexibility index (Phi) is 5.47. The molecule has 2 aliphatic rings. The molecule has 0 aromatic heterocycles. The van der Waals surface area contributed by atoms with Crippen LogP contribution in [-0.2, 0) is 14.8 Å². The second-order valence-corrected chi connectivity index (χ2v) is 10.8. The first-order valence-corrected chi connectivity index (χ1v) is 12.0. The van der Waals surface area contributed by atoms with E-state index in [-0.39, 0.29) is 17.3 Å². The molecule has 0 N–H and O–H groups in total. The lowest BCUT2D eigenvalue weighted by Gasteiger charge is -2.36. The summed E-state index contributed by atoms with van der Waals surface area (Å²) < 4.78 is 26.0. The third-order valence-electron chi connectivity index (χ3n) is 5.65. The third kappa shape index (κ3) is 4.14. The molecule has 2 aromatic rings. The molecule has 4 rings (SSSR count). The number of anilines is 2. The maximum absolute atomic E-state index is 13.1. The van der Waals surface area contributed by atoms with Crippen molar-refractivity contribution in [2.75, 3.05) is 41.1 Å². The molecule has 0 aliphatic carbocycles. The minimum Gasteiger partial charge on any atom is -0.368 e. The van der Waals surface area contributed by atoms with Crippen molar-refractivity contribution in [2.45, 2.75) is 13.8 Å². The average Bonchev–Trinajstić information content (AvgIpc) is 2.89. The summed E-state index contributed by atoms with van der Waals surface area (Å²) in [7, 11) is -3.76. The number of rotatable bonds is 3. The second-order valence-electron chi connectivity index (χ2n) is 8.52. The molecule has 0 radical (unpaired) electrons. The minimum atomic E-state index is -3.76. The van der Waals surface area contributed by atoms with E-state index in [0.29, 0.717) is 36.8 Å². The predicted molar refractivity (Wildman–Crippen MR) is 121 cm³/mol. The van der Waals surface area contributed by atoms with Gasteiger partial charge < -0.3 is 9.80 Å². The van der Waals surface area contributed by atoms with E-state index in [0.717, 1.165) is 9.99 Å². The van der Waals surface area contributed by atoms with Crippen molar-refractivity contribution in [1.82, 2.24) is 4.90 Å². The Morgan fingerprint density at radius 2 is 1.61 bits per heavy atom. The molecule has 164 valence electrons. The van der Waals surface area contributed by atoms with E-state index in [9.17, 15) is 18.0 Å². The number of amides is 2. The summed E-state index contributed by atoms with van der Waals surface area (Å²) in [6, 6.07) is 13.9. The molecule has 0 spiro atoms. The number of halogens is 1. The number of piperazine rings is 1. The lowest BCUT2D eigenvalue weighted by Crippen LogP contribution is -2.48. The van der Waals surface area contributed by atoms with Crippen LogP contribution in [0.25, 0.3) is 0 Å². The van der Waals surface area contributed by atoms with Crippen molar-refractivity contribution in [1.29, 1.82) is 0 Å². The van der Waals surface area contributed by atoms with Crippen molar-refractivity contribution in [2.24, 2.45) is 5.41 Å². The summed E-state index contributed by atoms with van der Waals surface area (Å²) >= 11 is 6.08. The fraction of sp³-hybridized carbons (Fsp3) is 0.364. The summed E-state index contributed by atoms with van der Waals surface area (Å²) in [5.74, 6) is -0.911. The molecular weight excluding hydrogens is 438 g/mol. The van der Waals surface area contributed by atoms with E-state index in [1.807, 2.05) is 24.3 Å². The van der Waals surface area contributed by atoms with Gasteiger partial charge in [0.2, 0.25) is 15.9 Å². The zero-order chi connectivity index (χ0) is 22.4. The number of hydrogen-bond acceptors (Lipinski definition) is 5. The maximum atomic E-state index is 13.1. The Morgan fingerprint density at radius 3 is 2.23 bits per heavy atom. The zero-order valence-electron chi connectivity index (χ0n) is 17.4. The third-order valence-corrected chi connectivity index (χ3v) is 7.91. The molecule has 7 nitrogen and oxygen atoms in total. The quantitative estimate of drug-likeness (QED) is 0.702. The van der Waals surface area contributed by atoms with Crippen LogP contribution in [0.3, 0.4) is 0 Å². The largest absolute Gasteiger partial charge is 0.368 e. The van der Waals surface area contributed by atoms with Crippen LogP contribution in [0.4, 0.5) is 11.4 Å². The number of carbonyl (C=O) groups is 2. The average molecular weight is 462 g/mol. The molecule has 2 amide bonds. The van der Waals surface area contributed by atoms with E-state index < -0.39 is 21.3 Å². The van der Waals surface area contributed by atoms with Crippen LogP contribution in [0.15, 0.2) is 48.5 Å². The first kappa shape index (κ1) is 21.6. The van der Waals surface area contributed by atoms with Crippen LogP contribution in [0.2, 0.25) is 5.02 Å². The fourth-order valence-corrected chi connectivity index (χ4v) is 6.33. The van der Waals surface area contributed by atoms with Gasteiger partial charge in [-0.3, -0.25) is 9.59 Å². The summed E-state index contributed by atoms with van der Waals surface area (Å²) in [6.45, 7) is 5.62. The van der Waals surface area contributed by atoms with E-state index in [4.69, 9.17) is 11.6 Å². The van der Waals surface area contributed by atoms with E-state index >= 15 is 0 Å². The van der Waals surface area contributed by atoms with Gasteiger partial charge in [0.25, 0.3) is 5.91 Å². The molecule has 9 heteroatoms. The first-order valence-electron chi connectivity index (χ1n) is 10.1. The Balaban J connectivity index is 1.50. The molecule has 0 bridgehead atoms. The van der Waals surface area contributed by atoms with Crippen LogP contribution in [0.1, 0.15) is 24.2 Å². The van der Waals surface area contributed by atoms with Gasteiger partial charge in [-0.15, -0.1) is 0 Å². The Bertz CT molecular complexity index is 1140. The smallest absolute Gasteiger partial charge is 0.254 e. The molecular formula is C22H24ClN3O4S. The fourth-order valence-electron chi connectivity index (χ4n) is 4.05. The number of benzene rings is 2. The van der Waals surface area contributed by atoms with Crippen molar-refractivity contribution < 1.29 is 18.0 Å². The van der Waals surface area contributed by atoms with Gasteiger partial charge >= 0.3 is 0 Å². The Hall–Kier alpha value is -2.58. The number of sulfonamides is 1. The van der Waals surface area contributed by atoms with Gasteiger partial charge in [-0.05, 0) is 50.2 Å². The van der Waals surface area contributed by atoms with Crippen molar-refractivity contribution in [3.63, 3.8) is 0 Å². The zero-order valence-corrected chi connectivity index (χ0v) is 19.0. The lowest BCUT2D eigenvalue weighted by atomic mass is 9.95. The van der Waals surface area contributed by atoms with Crippen LogP contribution in [0, 0.1) is 5.41 Å². The van der Waals surface area contributed by atoms with E-state index in [1.54, 1.807) is 36.9 Å². The highest BCUT2D eigenvalue weighted by molar-refractivity contribution is 7.94. The summed E-state index contributed by atoms with van der Waals surface area (Å²) in [5.41, 5.74) is 0.595. The van der Waals surface area contributed by atoms with Gasteiger partial charge in [0.05, 0.1) is 16.9 Å². The molecule has 2 heterocycles. The SMILES string of the molecule is CC1(C)CS(=O)(=O)N(c2cccc(C(=O)N3CCN(c4cccc(Cl)c4)CC3)c2)C1=O. The van der Waals surface area contributed by atoms with Crippen molar-refractivity contribution >= 4 is 44.8 Å². The molecule has 2 fully saturated rings. The van der Waals surface area contributed by atoms with Gasteiger partial charge in [-0.1, -0.05) is 23.7 Å². The van der Waals surface area contributed by atoms with Crippen LogP contribution >= 0.6 is 11.6 Å². The summed E-state index contributed by atoms with van der Waals surface area (Å²) in [5, 5.41) is 0.669. The lowest BCUT2D eigenvalue weighted by molar-refractivity contribution is -0.123. The monoisotopic (exact) mass is 461 g/mol. The molecule has 2 aromatic carbocycles. The first-order chi connectivity index (χ1) is 14.6. The van der Waals surface area contributed by atoms with Crippen molar-refractivity contribution in [3.8, 4) is 0 Å². The van der Waals surface area contributed by atoms with Gasteiger partial charge in [-0.2, -0.15) is 0 Å². The number of hydrogen-bond donors (Lipinski definition) is 0. The van der Waals surface area contributed by atoms with E-state index in [2.05, 4.69) is 4.90 Å². The van der Waals surface area contributed by atoms with Gasteiger partial charge in [-0.25, -0.2) is 12.7 Å². The topological polar surface area (TPSA) is 78.0 Å². The molecule has 2 saturated heterocycles. The molecule has 0 atom stereocenters. The second kappa shape index (κ2) is 7.84. The normalized spacial score (nSPS) is 20.2. The Morgan fingerprint density at radius 1 is 0.968 bits per heavy atom. The number of carbonyl (C=O) groups excluding carboxylic acids is 2. The molecule has 0 saturated carbocycles. The highest BCUT2D eigenvalue weighted by atomic mass is 35.5. The highest BCUT2D eigenvalue weighted by Gasteiger charge is 2.50. The van der Waals surface area contributed by atoms with Crippen molar-refractivity contribution in [3.05, 3.63) is 59.1 Å². The van der Waals surface area contributed by atoms with Crippen LogP contribution in [0.5, 0.6) is 0 Å². The molecule has 2 aliphatic heterocycles. The van der Waals surface area contributed by atoms with Gasteiger partial charge in [0.1, 0.15) is 0 Å². The molecule has 0 unspecified atom stereocenters. The predicted octanol–water partition coefficient (Wildman–Crippen LogP) is 3.01.